The number of aliphatic hydroxyl groups excluding tert-OH is 2. The second-order valence-electron chi connectivity index (χ2n) is 5.50. The largest absolute Gasteiger partial charge is 0.478 e. The van der Waals surface area contributed by atoms with E-state index >= 15 is 0 Å². The first-order valence-electron chi connectivity index (χ1n) is 7.03. The summed E-state index contributed by atoms with van der Waals surface area (Å²) in [5.74, 6) is -2.58. The zero-order valence-electron chi connectivity index (χ0n) is 12.7. The predicted octanol–water partition coefficient (Wildman–Crippen LogP) is -0.821. The molecule has 2 rings (SSSR count). The van der Waals surface area contributed by atoms with Crippen LogP contribution in [-0.4, -0.2) is 79.2 Å². The Morgan fingerprint density at radius 3 is 2.44 bits per heavy atom. The highest BCUT2D eigenvalue weighted by Gasteiger charge is 2.45. The Bertz CT molecular complexity index is 883. The molecule has 0 amide bonds. The van der Waals surface area contributed by atoms with Crippen molar-refractivity contribution in [1.82, 2.24) is 4.31 Å². The van der Waals surface area contributed by atoms with Crippen LogP contribution >= 0.6 is 11.6 Å². The lowest BCUT2D eigenvalue weighted by Gasteiger charge is -2.29. The summed E-state index contributed by atoms with van der Waals surface area (Å²) in [6.07, 6.45) is -1.47. The average Bonchev–Trinajstić information content (AvgIpc) is 2.77. The number of aliphatic hydroxyl groups is 2. The van der Waals surface area contributed by atoms with Gasteiger partial charge in [0.1, 0.15) is 4.90 Å². The number of carbonyl (C=O) groups is 1. The molecule has 1 heterocycles. The van der Waals surface area contributed by atoms with E-state index in [2.05, 4.69) is 0 Å². The van der Waals surface area contributed by atoms with E-state index in [0.717, 1.165) is 18.2 Å². The third kappa shape index (κ3) is 4.13. The predicted molar refractivity (Wildman–Crippen MR) is 87.8 cm³/mol. The van der Waals surface area contributed by atoms with Crippen molar-refractivity contribution in [3.05, 3.63) is 28.8 Å². The van der Waals surface area contributed by atoms with Crippen molar-refractivity contribution in [2.24, 2.45) is 0 Å². The fourth-order valence-electron chi connectivity index (χ4n) is 2.61. The minimum Gasteiger partial charge on any atom is -0.478 e. The fourth-order valence-corrected chi connectivity index (χ4v) is 6.65. The molecule has 140 valence electrons. The first kappa shape index (κ1) is 20.1. The molecule has 25 heavy (non-hydrogen) atoms. The van der Waals surface area contributed by atoms with Gasteiger partial charge < -0.3 is 15.3 Å². The maximum absolute atomic E-state index is 12.9. The molecular formula is C13H16ClNO8S2. The van der Waals surface area contributed by atoms with Gasteiger partial charge in [0.05, 0.1) is 40.8 Å². The Labute approximate surface area is 149 Å². The van der Waals surface area contributed by atoms with Gasteiger partial charge in [-0.25, -0.2) is 21.6 Å². The summed E-state index contributed by atoms with van der Waals surface area (Å²) in [7, 11) is -8.11. The lowest BCUT2D eigenvalue weighted by atomic mass is 10.2. The van der Waals surface area contributed by atoms with Gasteiger partial charge in [-0.05, 0) is 18.2 Å². The smallest absolute Gasteiger partial charge is 0.335 e. The number of sulfonamides is 1. The van der Waals surface area contributed by atoms with Crippen LogP contribution in [-0.2, 0) is 19.9 Å². The summed E-state index contributed by atoms with van der Waals surface area (Å²) < 4.78 is 49.8. The topological polar surface area (TPSA) is 149 Å². The third-order valence-corrected chi connectivity index (χ3v) is 7.85. The van der Waals surface area contributed by atoms with Crippen molar-refractivity contribution in [3.63, 3.8) is 0 Å². The van der Waals surface area contributed by atoms with Gasteiger partial charge in [-0.3, -0.25) is 0 Å². The van der Waals surface area contributed by atoms with E-state index in [1.807, 2.05) is 0 Å². The van der Waals surface area contributed by atoms with E-state index < -0.39 is 67.5 Å². The van der Waals surface area contributed by atoms with Crippen LogP contribution in [0.1, 0.15) is 10.4 Å². The fraction of sp³-hybridized carbons (Fsp3) is 0.462. The summed E-state index contributed by atoms with van der Waals surface area (Å²) in [6, 6.07) is 1.76. The van der Waals surface area contributed by atoms with Crippen molar-refractivity contribution in [2.45, 2.75) is 17.0 Å². The van der Waals surface area contributed by atoms with Crippen molar-refractivity contribution in [3.8, 4) is 0 Å². The zero-order chi connectivity index (χ0) is 19.0. The van der Waals surface area contributed by atoms with Crippen LogP contribution in [0, 0.1) is 0 Å². The number of carboxylic acid groups (broad SMARTS) is 1. The Morgan fingerprint density at radius 2 is 1.96 bits per heavy atom. The molecular weight excluding hydrogens is 398 g/mol. The molecule has 1 fully saturated rings. The van der Waals surface area contributed by atoms with E-state index in [-0.39, 0.29) is 10.6 Å². The molecule has 12 heteroatoms. The highest BCUT2D eigenvalue weighted by atomic mass is 35.5. The van der Waals surface area contributed by atoms with Gasteiger partial charge in [-0.2, -0.15) is 4.31 Å². The molecule has 0 radical (unpaired) electrons. The molecule has 1 aliphatic rings. The van der Waals surface area contributed by atoms with Crippen LogP contribution in [0.5, 0.6) is 0 Å². The number of rotatable bonds is 6. The van der Waals surface area contributed by atoms with Crippen molar-refractivity contribution in [2.75, 3.05) is 24.7 Å². The lowest BCUT2D eigenvalue weighted by Crippen LogP contribution is -2.48. The zero-order valence-corrected chi connectivity index (χ0v) is 15.1. The van der Waals surface area contributed by atoms with E-state index in [1.165, 1.54) is 0 Å². The number of hydrogen-bond acceptors (Lipinski definition) is 7. The van der Waals surface area contributed by atoms with Gasteiger partial charge in [0, 0.05) is 6.54 Å². The number of hydrogen-bond donors (Lipinski definition) is 3. The lowest BCUT2D eigenvalue weighted by molar-refractivity contribution is 0.0696. The van der Waals surface area contributed by atoms with Gasteiger partial charge in [0.2, 0.25) is 10.0 Å². The van der Waals surface area contributed by atoms with E-state index in [9.17, 15) is 31.8 Å². The van der Waals surface area contributed by atoms with Gasteiger partial charge in [-0.1, -0.05) is 11.6 Å². The molecule has 1 saturated heterocycles. The molecule has 2 atom stereocenters. The van der Waals surface area contributed by atoms with Crippen molar-refractivity contribution >= 4 is 37.4 Å². The van der Waals surface area contributed by atoms with Crippen LogP contribution in [0.15, 0.2) is 23.1 Å². The van der Waals surface area contributed by atoms with E-state index in [4.69, 9.17) is 16.7 Å². The van der Waals surface area contributed by atoms with Gasteiger partial charge in [-0.15, -0.1) is 0 Å². The second kappa shape index (κ2) is 7.17. The van der Waals surface area contributed by atoms with Gasteiger partial charge >= 0.3 is 5.97 Å². The summed E-state index contributed by atoms with van der Waals surface area (Å²) >= 11 is 5.89. The van der Waals surface area contributed by atoms with Crippen molar-refractivity contribution in [1.29, 1.82) is 0 Å². The molecule has 1 aliphatic heterocycles. The average molecular weight is 414 g/mol. The monoisotopic (exact) mass is 413 g/mol. The van der Waals surface area contributed by atoms with Gasteiger partial charge in [0.15, 0.2) is 9.84 Å². The minimum atomic E-state index is -4.46. The molecule has 9 nitrogen and oxygen atoms in total. The first-order valence-corrected chi connectivity index (χ1v) is 10.7. The molecule has 3 N–H and O–H groups in total. The Kier molecular flexibility index (Phi) is 5.76. The standard InChI is InChI=1S/C13H16ClNO8S2/c14-9-2-1-8(13(18)19)5-12(9)25(22,23)15(3-4-16)10-6-24(20,21)7-11(10)17/h1-2,5,10-11,16-17H,3-4,6-7H2,(H,18,19)/t10-,11-/m1/s1. The second-order valence-corrected chi connectivity index (χ2v) is 9.92. The Balaban J connectivity index is 2.54. The van der Waals surface area contributed by atoms with Crippen LogP contribution in [0.25, 0.3) is 0 Å². The minimum absolute atomic E-state index is 0.261. The molecule has 0 bridgehead atoms. The number of carboxylic acids is 1. The maximum atomic E-state index is 12.9. The van der Waals surface area contributed by atoms with E-state index in [0.29, 0.717) is 4.31 Å². The molecule has 0 unspecified atom stereocenters. The Hall–Kier alpha value is -1.24. The Morgan fingerprint density at radius 1 is 1.32 bits per heavy atom. The molecule has 0 spiro atoms. The molecule has 0 aliphatic carbocycles. The summed E-state index contributed by atoms with van der Waals surface area (Å²) in [5, 5.41) is 27.9. The summed E-state index contributed by atoms with van der Waals surface area (Å²) in [5.41, 5.74) is -0.327. The highest BCUT2D eigenvalue weighted by molar-refractivity contribution is 7.92. The number of sulfone groups is 1. The first-order chi connectivity index (χ1) is 11.5. The van der Waals surface area contributed by atoms with Crippen LogP contribution in [0.3, 0.4) is 0 Å². The number of aromatic carboxylic acids is 1. The summed E-state index contributed by atoms with van der Waals surface area (Å²) in [6.45, 7) is -1.11. The van der Waals surface area contributed by atoms with E-state index in [1.54, 1.807) is 0 Å². The van der Waals surface area contributed by atoms with Crippen LogP contribution < -0.4 is 0 Å². The SMILES string of the molecule is O=C(O)c1ccc(Cl)c(S(=O)(=O)N(CCO)[C@@H]2CS(=O)(=O)C[C@H]2O)c1. The number of halogens is 1. The molecule has 1 aromatic rings. The van der Waals surface area contributed by atoms with Crippen LogP contribution in [0.4, 0.5) is 0 Å². The quantitative estimate of drug-likeness (QED) is 0.547. The molecule has 1 aromatic carbocycles. The van der Waals surface area contributed by atoms with Crippen LogP contribution in [0.2, 0.25) is 5.02 Å². The number of benzene rings is 1. The molecule has 0 saturated carbocycles. The van der Waals surface area contributed by atoms with Crippen molar-refractivity contribution < 1.29 is 36.9 Å². The van der Waals surface area contributed by atoms with Gasteiger partial charge in [0.25, 0.3) is 0 Å². The maximum Gasteiger partial charge on any atom is 0.335 e. The highest BCUT2D eigenvalue weighted by Crippen LogP contribution is 2.30. The third-order valence-electron chi connectivity index (χ3n) is 3.75. The normalized spacial score (nSPS) is 23.0. The summed E-state index contributed by atoms with van der Waals surface area (Å²) in [4.78, 5) is 10.5. The molecule has 0 aromatic heterocycles. The number of nitrogens with zero attached hydrogens (tertiary/aromatic N) is 1.